The fraction of sp³-hybridized carbons (Fsp3) is 1.00. The lowest BCUT2D eigenvalue weighted by Gasteiger charge is -2.25. The number of phosphoric acid groups is 1. The second-order valence-electron chi connectivity index (χ2n) is 2.37. The molecular formula is C6H14O6P-. The number of rotatable bonds is 7. The zero-order chi connectivity index (χ0) is 10.3. The summed E-state index contributed by atoms with van der Waals surface area (Å²) in [4.78, 5) is 10.9. The lowest BCUT2D eigenvalue weighted by atomic mass is 10.4. The Hall–Kier alpha value is 0.0300. The van der Waals surface area contributed by atoms with Crippen molar-refractivity contribution in [2.45, 2.75) is 19.4 Å². The minimum absolute atomic E-state index is 0.0321. The summed E-state index contributed by atoms with van der Waals surface area (Å²) in [5, 5.41) is 17.0. The van der Waals surface area contributed by atoms with E-state index in [0.29, 0.717) is 6.42 Å². The minimum atomic E-state index is -4.37. The second-order valence-corrected chi connectivity index (χ2v) is 3.74. The first kappa shape index (κ1) is 13.0. The molecule has 0 amide bonds. The average Bonchev–Trinajstić information content (AvgIpc) is 2.11. The molecule has 0 saturated carbocycles. The summed E-state index contributed by atoms with van der Waals surface area (Å²) in [6, 6.07) is 0. The third-order valence-corrected chi connectivity index (χ3v) is 2.19. The summed E-state index contributed by atoms with van der Waals surface area (Å²) in [5.74, 6) is 0. The van der Waals surface area contributed by atoms with Crippen LogP contribution in [0, 0.1) is 0 Å². The molecule has 0 heterocycles. The highest BCUT2D eigenvalue weighted by molar-refractivity contribution is 7.45. The molecule has 1 atom stereocenters. The molecule has 0 aliphatic heterocycles. The predicted molar refractivity (Wildman–Crippen MR) is 42.9 cm³/mol. The Labute approximate surface area is 76.7 Å². The second kappa shape index (κ2) is 6.48. The van der Waals surface area contributed by atoms with E-state index in [2.05, 4.69) is 9.05 Å². The number of hydrogen-bond donors (Lipinski definition) is 2. The molecule has 0 aromatic rings. The fourth-order valence-corrected chi connectivity index (χ4v) is 1.51. The topological polar surface area (TPSA) is 99.1 Å². The van der Waals surface area contributed by atoms with Gasteiger partial charge in [-0.05, 0) is 6.42 Å². The van der Waals surface area contributed by atoms with Gasteiger partial charge in [-0.2, -0.15) is 0 Å². The van der Waals surface area contributed by atoms with Crippen LogP contribution in [0.15, 0.2) is 0 Å². The Bertz CT molecular complexity index is 169. The fourth-order valence-electron chi connectivity index (χ4n) is 0.540. The summed E-state index contributed by atoms with van der Waals surface area (Å²) >= 11 is 0. The monoisotopic (exact) mass is 213 g/mol. The van der Waals surface area contributed by atoms with Crippen LogP contribution in [0.1, 0.15) is 13.3 Å². The molecule has 0 fully saturated rings. The van der Waals surface area contributed by atoms with Crippen LogP contribution in [0.2, 0.25) is 0 Å². The normalized spacial score (nSPS) is 16.1. The van der Waals surface area contributed by atoms with Gasteiger partial charge in [0.05, 0.1) is 19.8 Å². The standard InChI is InChI=1S/C6H15O6P/c1-2-3-11-13(9,10)12-6(4-7)5-8/h6-8H,2-5H2,1H3,(H,9,10)/p-1. The molecule has 7 heteroatoms. The van der Waals surface area contributed by atoms with Crippen LogP contribution in [-0.4, -0.2) is 36.1 Å². The molecule has 0 aliphatic rings. The molecule has 0 spiro atoms. The highest BCUT2D eigenvalue weighted by Gasteiger charge is 2.16. The molecule has 0 saturated heterocycles. The largest absolute Gasteiger partial charge is 0.756 e. The van der Waals surface area contributed by atoms with E-state index in [4.69, 9.17) is 10.2 Å². The van der Waals surface area contributed by atoms with Crippen LogP contribution >= 0.6 is 7.82 Å². The van der Waals surface area contributed by atoms with Crippen molar-refractivity contribution in [1.29, 1.82) is 0 Å². The van der Waals surface area contributed by atoms with E-state index in [-0.39, 0.29) is 6.61 Å². The smallest absolute Gasteiger partial charge is 0.268 e. The van der Waals surface area contributed by atoms with Gasteiger partial charge in [0, 0.05) is 0 Å². The van der Waals surface area contributed by atoms with Crippen molar-refractivity contribution < 1.29 is 28.7 Å². The maximum Gasteiger partial charge on any atom is 0.268 e. The molecule has 2 N–H and O–H groups in total. The van der Waals surface area contributed by atoms with Crippen molar-refractivity contribution in [2.75, 3.05) is 19.8 Å². The molecule has 0 rings (SSSR count). The van der Waals surface area contributed by atoms with Crippen molar-refractivity contribution in [2.24, 2.45) is 0 Å². The van der Waals surface area contributed by atoms with Crippen LogP contribution in [-0.2, 0) is 13.6 Å². The summed E-state index contributed by atoms with van der Waals surface area (Å²) < 4.78 is 19.6. The van der Waals surface area contributed by atoms with Crippen LogP contribution in [0.4, 0.5) is 0 Å². The van der Waals surface area contributed by atoms with E-state index in [1.54, 1.807) is 6.92 Å². The van der Waals surface area contributed by atoms with E-state index in [1.807, 2.05) is 0 Å². The molecule has 13 heavy (non-hydrogen) atoms. The highest BCUT2D eigenvalue weighted by Crippen LogP contribution is 2.39. The van der Waals surface area contributed by atoms with Crippen molar-refractivity contribution in [1.82, 2.24) is 0 Å². The van der Waals surface area contributed by atoms with E-state index in [0.717, 1.165) is 0 Å². The lowest BCUT2D eigenvalue weighted by molar-refractivity contribution is -0.231. The van der Waals surface area contributed by atoms with E-state index in [1.165, 1.54) is 0 Å². The minimum Gasteiger partial charge on any atom is -0.756 e. The van der Waals surface area contributed by atoms with E-state index >= 15 is 0 Å². The Balaban J connectivity index is 3.91. The van der Waals surface area contributed by atoms with Gasteiger partial charge < -0.3 is 24.2 Å². The predicted octanol–water partition coefficient (Wildman–Crippen LogP) is -0.749. The maximum absolute atomic E-state index is 10.9. The van der Waals surface area contributed by atoms with E-state index in [9.17, 15) is 9.46 Å². The van der Waals surface area contributed by atoms with Crippen molar-refractivity contribution in [3.8, 4) is 0 Å². The molecule has 0 bridgehead atoms. The van der Waals surface area contributed by atoms with Gasteiger partial charge in [0.25, 0.3) is 7.82 Å². The zero-order valence-electron chi connectivity index (χ0n) is 7.38. The van der Waals surface area contributed by atoms with Crippen LogP contribution in [0.25, 0.3) is 0 Å². The Morgan fingerprint density at radius 1 is 1.46 bits per heavy atom. The van der Waals surface area contributed by atoms with Gasteiger partial charge in [-0.15, -0.1) is 0 Å². The quantitative estimate of drug-likeness (QED) is 0.540. The first-order chi connectivity index (χ1) is 6.05. The van der Waals surface area contributed by atoms with Gasteiger partial charge in [-0.25, -0.2) is 0 Å². The molecule has 0 aliphatic carbocycles. The Morgan fingerprint density at radius 3 is 2.38 bits per heavy atom. The van der Waals surface area contributed by atoms with Gasteiger partial charge in [-0.1, -0.05) is 6.92 Å². The van der Waals surface area contributed by atoms with Gasteiger partial charge >= 0.3 is 0 Å². The first-order valence-electron chi connectivity index (χ1n) is 3.91. The van der Waals surface area contributed by atoms with Gasteiger partial charge in [-0.3, -0.25) is 4.57 Å². The SMILES string of the molecule is CCCOP(=O)([O-])OC(CO)CO. The third-order valence-electron chi connectivity index (χ3n) is 1.14. The maximum atomic E-state index is 10.9. The molecule has 0 aromatic heterocycles. The molecular weight excluding hydrogens is 199 g/mol. The molecule has 1 unspecified atom stereocenters. The van der Waals surface area contributed by atoms with Crippen molar-refractivity contribution >= 4 is 7.82 Å². The third kappa shape index (κ3) is 6.15. The van der Waals surface area contributed by atoms with Gasteiger partial charge in [0.1, 0.15) is 6.10 Å². The highest BCUT2D eigenvalue weighted by atomic mass is 31.2. The summed E-state index contributed by atoms with van der Waals surface area (Å²) in [6.07, 6.45) is -0.599. The average molecular weight is 213 g/mol. The summed E-state index contributed by atoms with van der Waals surface area (Å²) in [7, 11) is -4.37. The first-order valence-corrected chi connectivity index (χ1v) is 5.37. The van der Waals surface area contributed by atoms with Crippen molar-refractivity contribution in [3.63, 3.8) is 0 Å². The molecule has 6 nitrogen and oxygen atoms in total. The van der Waals surface area contributed by atoms with Gasteiger partial charge in [0.2, 0.25) is 0 Å². The number of phosphoric ester groups is 1. The Kier molecular flexibility index (Phi) is 6.49. The zero-order valence-corrected chi connectivity index (χ0v) is 8.27. The number of hydrogen-bond acceptors (Lipinski definition) is 6. The lowest BCUT2D eigenvalue weighted by Crippen LogP contribution is -2.24. The number of aliphatic hydroxyl groups excluding tert-OH is 2. The summed E-state index contributed by atoms with van der Waals surface area (Å²) in [6.45, 7) is 0.635. The van der Waals surface area contributed by atoms with Crippen molar-refractivity contribution in [3.05, 3.63) is 0 Å². The molecule has 0 aromatic carbocycles. The summed E-state index contributed by atoms with van der Waals surface area (Å²) in [5.41, 5.74) is 0. The molecule has 0 radical (unpaired) electrons. The van der Waals surface area contributed by atoms with E-state index < -0.39 is 27.1 Å². The molecule has 80 valence electrons. The number of aliphatic hydroxyl groups is 2. The van der Waals surface area contributed by atoms with Crippen LogP contribution < -0.4 is 4.89 Å². The van der Waals surface area contributed by atoms with Crippen LogP contribution in [0.5, 0.6) is 0 Å². The van der Waals surface area contributed by atoms with Crippen LogP contribution in [0.3, 0.4) is 0 Å². The van der Waals surface area contributed by atoms with Gasteiger partial charge in [0.15, 0.2) is 0 Å². The Morgan fingerprint density at radius 2 is 2.00 bits per heavy atom.